The molecule has 1 N–H and O–H groups in total. The van der Waals surface area contributed by atoms with Crippen molar-refractivity contribution in [3.8, 4) is 29.3 Å². The summed E-state index contributed by atoms with van der Waals surface area (Å²) in [6, 6.07) is 14.5. The van der Waals surface area contributed by atoms with Gasteiger partial charge in [-0.15, -0.1) is 0 Å². The van der Waals surface area contributed by atoms with E-state index < -0.39 is 11.6 Å². The van der Waals surface area contributed by atoms with E-state index in [4.69, 9.17) is 15.8 Å². The van der Waals surface area contributed by atoms with E-state index in [0.29, 0.717) is 11.3 Å². The molecule has 0 fully saturated rings. The van der Waals surface area contributed by atoms with Gasteiger partial charge in [0.15, 0.2) is 5.57 Å². The average Bonchev–Trinajstić information content (AvgIpc) is 2.54. The van der Waals surface area contributed by atoms with Gasteiger partial charge in [-0.25, -0.2) is 8.78 Å². The van der Waals surface area contributed by atoms with Crippen LogP contribution in [-0.2, 0) is 0 Å². The number of rotatable bonds is 3. The van der Waals surface area contributed by atoms with Gasteiger partial charge in [0.25, 0.3) is 0 Å². The van der Waals surface area contributed by atoms with Crippen molar-refractivity contribution in [3.05, 3.63) is 65.4 Å². The number of hydrogen-bond donors (Lipinski definition) is 1. The maximum atomic E-state index is 13.4. The Hall–Kier alpha value is -3.69. The number of nitrogens with one attached hydrogen (secondary N) is 1. The molecule has 110 valence electrons. The Balaban J connectivity index is 2.56. The zero-order valence-electron chi connectivity index (χ0n) is 11.6. The number of allylic oxidation sites excluding steroid dienone is 2. The normalized spacial score (nSPS) is 9.17. The lowest BCUT2D eigenvalue weighted by molar-refractivity contribution is 0.584. The predicted octanol–water partition coefficient (Wildman–Crippen LogP) is 3.87. The third-order valence-electron chi connectivity index (χ3n) is 2.95. The minimum Gasteiger partial charge on any atom is -0.345 e. The van der Waals surface area contributed by atoms with Crippen LogP contribution < -0.4 is 5.32 Å². The topological polar surface area (TPSA) is 83.4 Å². The summed E-state index contributed by atoms with van der Waals surface area (Å²) in [5, 5.41) is 29.4. The highest BCUT2D eigenvalue weighted by molar-refractivity contribution is 5.80. The van der Waals surface area contributed by atoms with Gasteiger partial charge in [-0.1, -0.05) is 18.2 Å². The highest BCUT2D eigenvalue weighted by atomic mass is 19.1. The summed E-state index contributed by atoms with van der Waals surface area (Å²) in [6.45, 7) is 0. The Morgan fingerprint density at radius 1 is 0.870 bits per heavy atom. The predicted molar refractivity (Wildman–Crippen MR) is 79.3 cm³/mol. The monoisotopic (exact) mass is 306 g/mol. The molecule has 2 aromatic carbocycles. The van der Waals surface area contributed by atoms with Crippen molar-refractivity contribution in [3.63, 3.8) is 0 Å². The van der Waals surface area contributed by atoms with Gasteiger partial charge in [0.05, 0.1) is 0 Å². The first-order chi connectivity index (χ1) is 11.1. The summed E-state index contributed by atoms with van der Waals surface area (Å²) < 4.78 is 26.8. The molecule has 0 aliphatic heterocycles. The zero-order chi connectivity index (χ0) is 16.8. The SMILES string of the molecule is N#CC(C#N)=C(C#N)Nc1ccccc1-c1cc(F)cc(F)c1. The summed E-state index contributed by atoms with van der Waals surface area (Å²) in [5.41, 5.74) is 0.413. The van der Waals surface area contributed by atoms with Crippen molar-refractivity contribution in [1.82, 2.24) is 0 Å². The highest BCUT2D eigenvalue weighted by Gasteiger charge is 2.11. The molecule has 0 aromatic heterocycles. The molecule has 0 bridgehead atoms. The Bertz CT molecular complexity index is 875. The Kier molecular flexibility index (Phi) is 4.67. The van der Waals surface area contributed by atoms with E-state index in [9.17, 15) is 8.78 Å². The van der Waals surface area contributed by atoms with Crippen molar-refractivity contribution in [2.45, 2.75) is 0 Å². The molecule has 2 rings (SSSR count). The minimum atomic E-state index is -0.736. The number of anilines is 1. The van der Waals surface area contributed by atoms with Gasteiger partial charge in [-0.2, -0.15) is 15.8 Å². The van der Waals surface area contributed by atoms with Crippen molar-refractivity contribution >= 4 is 5.69 Å². The number of para-hydroxylation sites is 1. The zero-order valence-corrected chi connectivity index (χ0v) is 11.6. The summed E-state index contributed by atoms with van der Waals surface area (Å²) in [4.78, 5) is 0. The maximum absolute atomic E-state index is 13.4. The molecule has 0 spiro atoms. The molecule has 0 saturated heterocycles. The molecule has 0 atom stereocenters. The lowest BCUT2D eigenvalue weighted by Gasteiger charge is -2.11. The van der Waals surface area contributed by atoms with Gasteiger partial charge in [0.1, 0.15) is 35.5 Å². The smallest absolute Gasteiger partial charge is 0.163 e. The quantitative estimate of drug-likeness (QED) is 0.872. The summed E-state index contributed by atoms with van der Waals surface area (Å²) in [6.07, 6.45) is 0. The number of nitriles is 3. The molecule has 23 heavy (non-hydrogen) atoms. The van der Waals surface area contributed by atoms with E-state index in [0.717, 1.165) is 18.2 Å². The third-order valence-corrected chi connectivity index (χ3v) is 2.95. The fourth-order valence-corrected chi connectivity index (χ4v) is 1.97. The molecule has 0 heterocycles. The van der Waals surface area contributed by atoms with E-state index in [1.54, 1.807) is 42.5 Å². The number of hydrogen-bond acceptors (Lipinski definition) is 4. The van der Waals surface area contributed by atoms with Crippen molar-refractivity contribution < 1.29 is 8.78 Å². The molecule has 2 aromatic rings. The number of nitrogens with zero attached hydrogens (tertiary/aromatic N) is 3. The van der Waals surface area contributed by atoms with Crippen LogP contribution in [0.25, 0.3) is 11.1 Å². The molecule has 0 radical (unpaired) electrons. The molecule has 0 amide bonds. The minimum absolute atomic E-state index is 0.237. The summed E-state index contributed by atoms with van der Waals surface area (Å²) in [5.74, 6) is -1.47. The second-order valence-electron chi connectivity index (χ2n) is 4.41. The maximum Gasteiger partial charge on any atom is 0.163 e. The molecule has 0 aliphatic rings. The van der Waals surface area contributed by atoms with E-state index in [1.807, 2.05) is 0 Å². The molecular weight excluding hydrogens is 298 g/mol. The van der Waals surface area contributed by atoms with Gasteiger partial charge in [0.2, 0.25) is 0 Å². The first-order valence-electron chi connectivity index (χ1n) is 6.36. The van der Waals surface area contributed by atoms with Crippen molar-refractivity contribution in [1.29, 1.82) is 15.8 Å². The second kappa shape index (κ2) is 6.85. The Labute approximate surface area is 131 Å². The standard InChI is InChI=1S/C17H8F2N4/c18-13-5-11(6-14(19)7-13)15-3-1-2-4-16(15)23-17(10-22)12(8-20)9-21/h1-7,23H. The van der Waals surface area contributed by atoms with Crippen LogP contribution in [0.3, 0.4) is 0 Å². The van der Waals surface area contributed by atoms with Gasteiger partial charge in [0, 0.05) is 17.3 Å². The van der Waals surface area contributed by atoms with Gasteiger partial charge in [-0.3, -0.25) is 0 Å². The summed E-state index contributed by atoms with van der Waals surface area (Å²) in [7, 11) is 0. The Morgan fingerprint density at radius 2 is 1.48 bits per heavy atom. The van der Waals surface area contributed by atoms with Gasteiger partial charge >= 0.3 is 0 Å². The van der Waals surface area contributed by atoms with Crippen LogP contribution in [0.5, 0.6) is 0 Å². The largest absolute Gasteiger partial charge is 0.345 e. The van der Waals surface area contributed by atoms with Crippen LogP contribution in [-0.4, -0.2) is 0 Å². The molecule has 4 nitrogen and oxygen atoms in total. The molecule has 0 unspecified atom stereocenters. The van der Waals surface area contributed by atoms with E-state index in [1.165, 1.54) is 0 Å². The van der Waals surface area contributed by atoms with Crippen LogP contribution >= 0.6 is 0 Å². The van der Waals surface area contributed by atoms with Crippen LogP contribution in [0.1, 0.15) is 0 Å². The molecule has 6 heteroatoms. The van der Waals surface area contributed by atoms with Crippen LogP contribution in [0.2, 0.25) is 0 Å². The highest BCUT2D eigenvalue weighted by Crippen LogP contribution is 2.30. The van der Waals surface area contributed by atoms with Crippen molar-refractivity contribution in [2.75, 3.05) is 5.32 Å². The van der Waals surface area contributed by atoms with Crippen LogP contribution in [0, 0.1) is 45.6 Å². The number of halogens is 2. The first-order valence-corrected chi connectivity index (χ1v) is 6.36. The van der Waals surface area contributed by atoms with Gasteiger partial charge in [-0.05, 0) is 23.8 Å². The number of benzene rings is 2. The molecule has 0 saturated carbocycles. The molecule has 0 aliphatic carbocycles. The van der Waals surface area contributed by atoms with E-state index in [2.05, 4.69) is 5.32 Å². The van der Waals surface area contributed by atoms with E-state index in [-0.39, 0.29) is 16.8 Å². The lowest BCUT2D eigenvalue weighted by atomic mass is 10.0. The summed E-state index contributed by atoms with van der Waals surface area (Å²) >= 11 is 0. The first kappa shape index (κ1) is 15.7. The fourth-order valence-electron chi connectivity index (χ4n) is 1.97. The lowest BCUT2D eigenvalue weighted by Crippen LogP contribution is -2.02. The van der Waals surface area contributed by atoms with Gasteiger partial charge < -0.3 is 5.32 Å². The second-order valence-corrected chi connectivity index (χ2v) is 4.41. The van der Waals surface area contributed by atoms with E-state index >= 15 is 0 Å². The third kappa shape index (κ3) is 3.50. The molecular formula is C17H8F2N4. The fraction of sp³-hybridized carbons (Fsp3) is 0. The van der Waals surface area contributed by atoms with Crippen molar-refractivity contribution in [2.24, 2.45) is 0 Å². The van der Waals surface area contributed by atoms with Crippen LogP contribution in [0.4, 0.5) is 14.5 Å². The Morgan fingerprint density at radius 3 is 2.04 bits per heavy atom. The van der Waals surface area contributed by atoms with Crippen LogP contribution in [0.15, 0.2) is 53.7 Å². The average molecular weight is 306 g/mol.